The Morgan fingerprint density at radius 1 is 0.415 bits per heavy atom. The Morgan fingerprint density at radius 2 is 0.981 bits per heavy atom. The Kier molecular flexibility index (Phi) is 4.57. The molecular formula is C51H36N2. The summed E-state index contributed by atoms with van der Waals surface area (Å²) in [7, 11) is 0. The first kappa shape index (κ1) is 21.7. The molecule has 1 aliphatic rings. The van der Waals surface area contributed by atoms with Gasteiger partial charge in [-0.1, -0.05) is 135 Å². The lowest BCUT2D eigenvalue weighted by Crippen LogP contribution is -2.15. The Labute approximate surface area is 322 Å². The fourth-order valence-electron chi connectivity index (χ4n) is 8.70. The zero-order valence-electron chi connectivity index (χ0n) is 38.9. The highest BCUT2D eigenvalue weighted by Gasteiger charge is 2.37. The lowest BCUT2D eigenvalue weighted by atomic mass is 9.82. The van der Waals surface area contributed by atoms with E-state index in [0.717, 1.165) is 82.7 Å². The maximum atomic E-state index is 8.87. The van der Waals surface area contributed by atoms with E-state index in [1.807, 2.05) is 60.7 Å². The fraction of sp³-hybridized carbons (Fsp3) is 0.0588. The largest absolute Gasteiger partial charge is 0.309 e. The molecule has 0 spiro atoms. The molecule has 10 aromatic rings. The van der Waals surface area contributed by atoms with Gasteiger partial charge in [-0.2, -0.15) is 0 Å². The van der Waals surface area contributed by atoms with Crippen molar-refractivity contribution in [3.8, 4) is 44.8 Å². The van der Waals surface area contributed by atoms with Gasteiger partial charge >= 0.3 is 0 Å². The second kappa shape index (κ2) is 11.2. The molecule has 0 bridgehead atoms. The number of benzene rings is 8. The molecule has 0 atom stereocenters. The Morgan fingerprint density at radius 3 is 1.62 bits per heavy atom. The molecule has 2 nitrogen and oxygen atoms in total. The monoisotopic (exact) mass is 686 g/mol. The molecule has 0 saturated carbocycles. The molecule has 2 aromatic heterocycles. The van der Waals surface area contributed by atoms with Crippen LogP contribution in [0.2, 0.25) is 0 Å². The summed E-state index contributed by atoms with van der Waals surface area (Å²) in [4.78, 5) is 0. The average molecular weight is 687 g/mol. The van der Waals surface area contributed by atoms with E-state index in [0.29, 0.717) is 5.56 Å². The minimum absolute atomic E-state index is 0.109. The summed E-state index contributed by atoms with van der Waals surface area (Å²) in [5, 5.41) is 3.90. The second-order valence-electron chi connectivity index (χ2n) is 14.2. The predicted octanol–water partition coefficient (Wildman–Crippen LogP) is 13.5. The Hall–Kier alpha value is -6.64. The molecule has 0 saturated heterocycles. The molecule has 0 aliphatic heterocycles. The van der Waals surface area contributed by atoms with Gasteiger partial charge < -0.3 is 9.13 Å². The van der Waals surface area contributed by atoms with Gasteiger partial charge in [0.15, 0.2) is 0 Å². The van der Waals surface area contributed by atoms with Crippen molar-refractivity contribution in [1.82, 2.24) is 9.13 Å². The van der Waals surface area contributed by atoms with Gasteiger partial charge in [-0.15, -0.1) is 0 Å². The molecule has 8 aromatic carbocycles. The summed E-state index contributed by atoms with van der Waals surface area (Å²) in [6.07, 6.45) is 0. The van der Waals surface area contributed by atoms with E-state index in [1.54, 1.807) is 4.57 Å². The number of rotatable bonds is 4. The standard InChI is InChI=1S/C51H36N2/c1-51(2)44-27-26-37(32-43(44)50-38(20-13-21-45(50)51)33-14-5-3-6-15-33)53-47-23-12-10-19-40(47)42-31-35(25-29-49(42)53)34-24-28-48-41(30-34)39-18-9-11-22-46(39)52(48)36-16-7-4-8-17-36/h3-32H,1-2H3/i3D,4D,5D,6D,7D,8D,14D,15D,16D,17D. The Balaban J connectivity index is 1.09. The van der Waals surface area contributed by atoms with Crippen molar-refractivity contribution in [2.75, 3.05) is 0 Å². The first-order chi connectivity index (χ1) is 30.2. The van der Waals surface area contributed by atoms with Crippen molar-refractivity contribution in [3.63, 3.8) is 0 Å². The number of aromatic nitrogens is 2. The molecule has 11 rings (SSSR count). The van der Waals surface area contributed by atoms with Gasteiger partial charge in [0.25, 0.3) is 0 Å². The summed E-state index contributed by atoms with van der Waals surface area (Å²) in [5.41, 5.74) is 10.8. The van der Waals surface area contributed by atoms with Crippen molar-refractivity contribution in [2.45, 2.75) is 19.3 Å². The summed E-state index contributed by atoms with van der Waals surface area (Å²) in [5.74, 6) is 0. The van der Waals surface area contributed by atoms with Gasteiger partial charge in [0, 0.05) is 38.3 Å². The van der Waals surface area contributed by atoms with Crippen LogP contribution in [0.1, 0.15) is 38.7 Å². The van der Waals surface area contributed by atoms with E-state index in [-0.39, 0.29) is 59.6 Å². The van der Waals surface area contributed by atoms with Gasteiger partial charge in [0.05, 0.1) is 35.8 Å². The lowest BCUT2D eigenvalue weighted by Gasteiger charge is -2.22. The van der Waals surface area contributed by atoms with E-state index < -0.39 is 17.5 Å². The van der Waals surface area contributed by atoms with E-state index in [4.69, 9.17) is 13.7 Å². The van der Waals surface area contributed by atoms with Crippen molar-refractivity contribution in [1.29, 1.82) is 0 Å². The predicted molar refractivity (Wildman–Crippen MR) is 224 cm³/mol. The van der Waals surface area contributed by atoms with Crippen molar-refractivity contribution in [2.24, 2.45) is 0 Å². The molecule has 0 amide bonds. The summed E-state index contributed by atoms with van der Waals surface area (Å²) in [6, 6.07) is 37.5. The van der Waals surface area contributed by atoms with Crippen LogP contribution in [0.15, 0.2) is 182 Å². The number of nitrogens with zero attached hydrogens (tertiary/aromatic N) is 2. The molecule has 0 radical (unpaired) electrons. The van der Waals surface area contributed by atoms with E-state index in [1.165, 1.54) is 0 Å². The van der Waals surface area contributed by atoms with Crippen LogP contribution in [0.25, 0.3) is 88.4 Å². The van der Waals surface area contributed by atoms with Gasteiger partial charge in [0.2, 0.25) is 0 Å². The SMILES string of the molecule is [2H]c1c([2H])c([2H])c(-c2cccc3c2-c2cc(-n4c5ccccc5c5cc(-c6ccc7c(c6)c6ccccc6n7-c6c([2H])c([2H])c([2H])c([2H])c6[2H])ccc54)ccc2C3(C)C)c([2H])c1[2H]. The van der Waals surface area contributed by atoms with Crippen molar-refractivity contribution in [3.05, 3.63) is 193 Å². The summed E-state index contributed by atoms with van der Waals surface area (Å²) >= 11 is 0. The van der Waals surface area contributed by atoms with Gasteiger partial charge in [-0.05, 0) is 105 Å². The van der Waals surface area contributed by atoms with Crippen molar-refractivity contribution < 1.29 is 13.7 Å². The van der Waals surface area contributed by atoms with Gasteiger partial charge in [-0.25, -0.2) is 0 Å². The molecule has 0 N–H and O–H groups in total. The van der Waals surface area contributed by atoms with Crippen LogP contribution >= 0.6 is 0 Å². The molecule has 53 heavy (non-hydrogen) atoms. The van der Waals surface area contributed by atoms with Crippen LogP contribution < -0.4 is 0 Å². The normalized spacial score (nSPS) is 15.9. The third kappa shape index (κ3) is 4.33. The lowest BCUT2D eigenvalue weighted by molar-refractivity contribution is 0.660. The minimum Gasteiger partial charge on any atom is -0.309 e. The third-order valence-corrected chi connectivity index (χ3v) is 11.1. The van der Waals surface area contributed by atoms with Crippen molar-refractivity contribution >= 4 is 43.6 Å². The van der Waals surface area contributed by atoms with Gasteiger partial charge in [0.1, 0.15) is 0 Å². The van der Waals surface area contributed by atoms with E-state index in [2.05, 4.69) is 79.1 Å². The van der Waals surface area contributed by atoms with Crippen LogP contribution in [-0.2, 0) is 5.41 Å². The van der Waals surface area contributed by atoms with E-state index >= 15 is 0 Å². The van der Waals surface area contributed by atoms with Crippen LogP contribution in [0.3, 0.4) is 0 Å². The average Bonchev–Trinajstić information content (AvgIpc) is 3.89. The zero-order chi connectivity index (χ0) is 44.0. The second-order valence-corrected chi connectivity index (χ2v) is 14.2. The number of hydrogen-bond donors (Lipinski definition) is 0. The maximum absolute atomic E-state index is 8.87. The maximum Gasteiger partial charge on any atom is 0.0645 e. The summed E-state index contributed by atoms with van der Waals surface area (Å²) < 4.78 is 89.4. The highest BCUT2D eigenvalue weighted by Crippen LogP contribution is 2.53. The fourth-order valence-corrected chi connectivity index (χ4v) is 8.70. The van der Waals surface area contributed by atoms with Crippen LogP contribution in [0, 0.1) is 0 Å². The number of para-hydroxylation sites is 3. The van der Waals surface area contributed by atoms with E-state index in [9.17, 15) is 0 Å². The number of fused-ring (bicyclic) bond motifs is 9. The van der Waals surface area contributed by atoms with Gasteiger partial charge in [-0.3, -0.25) is 0 Å². The Bertz CT molecular complexity index is 3620. The number of hydrogen-bond acceptors (Lipinski definition) is 0. The molecule has 0 fully saturated rings. The highest BCUT2D eigenvalue weighted by molar-refractivity contribution is 6.13. The molecular weight excluding hydrogens is 641 g/mol. The smallest absolute Gasteiger partial charge is 0.0645 e. The molecule has 2 heteroatoms. The minimum atomic E-state index is -0.430. The highest BCUT2D eigenvalue weighted by atomic mass is 15.0. The molecule has 0 unspecified atom stereocenters. The quantitative estimate of drug-likeness (QED) is 0.174. The van der Waals surface area contributed by atoms with Crippen LogP contribution in [0.4, 0.5) is 0 Å². The molecule has 2 heterocycles. The summed E-state index contributed by atoms with van der Waals surface area (Å²) in [6.45, 7) is 4.33. The molecule has 1 aliphatic carbocycles. The van der Waals surface area contributed by atoms with Crippen LogP contribution in [0.5, 0.6) is 0 Å². The molecule has 250 valence electrons. The van der Waals surface area contributed by atoms with Crippen LogP contribution in [-0.4, -0.2) is 9.13 Å². The first-order valence-corrected chi connectivity index (χ1v) is 17.7. The third-order valence-electron chi connectivity index (χ3n) is 11.1. The zero-order valence-corrected chi connectivity index (χ0v) is 28.9. The first-order valence-electron chi connectivity index (χ1n) is 22.7. The topological polar surface area (TPSA) is 9.86 Å².